The lowest BCUT2D eigenvalue weighted by Crippen LogP contribution is -2.18. The van der Waals surface area contributed by atoms with E-state index in [-0.39, 0.29) is 16.7 Å². The van der Waals surface area contributed by atoms with E-state index in [1.807, 2.05) is 19.9 Å². The van der Waals surface area contributed by atoms with Crippen LogP contribution in [-0.2, 0) is 6.42 Å². The van der Waals surface area contributed by atoms with Gasteiger partial charge < -0.3 is 5.32 Å². The van der Waals surface area contributed by atoms with Gasteiger partial charge in [-0.15, -0.1) is 11.3 Å². The zero-order chi connectivity index (χ0) is 14.7. The summed E-state index contributed by atoms with van der Waals surface area (Å²) >= 11 is 1.77. The van der Waals surface area contributed by atoms with Crippen LogP contribution in [0.4, 0.5) is 11.4 Å². The molecular formula is C15H18N2O2S. The third-order valence-electron chi connectivity index (χ3n) is 3.06. The van der Waals surface area contributed by atoms with Crippen LogP contribution in [0.2, 0.25) is 0 Å². The highest BCUT2D eigenvalue weighted by atomic mass is 32.1. The van der Waals surface area contributed by atoms with E-state index in [4.69, 9.17) is 0 Å². The molecule has 1 N–H and O–H groups in total. The third-order valence-corrected chi connectivity index (χ3v) is 4.08. The minimum absolute atomic E-state index is 0.138. The van der Waals surface area contributed by atoms with Gasteiger partial charge in [-0.2, -0.15) is 0 Å². The van der Waals surface area contributed by atoms with Crippen LogP contribution in [0.1, 0.15) is 22.2 Å². The Kier molecular flexibility index (Phi) is 4.39. The van der Waals surface area contributed by atoms with Crippen molar-refractivity contribution in [1.29, 1.82) is 0 Å². The number of nitro groups is 1. The molecule has 1 unspecified atom stereocenters. The number of thiophene rings is 1. The largest absolute Gasteiger partial charge is 0.377 e. The summed E-state index contributed by atoms with van der Waals surface area (Å²) in [5.74, 6) is 0. The van der Waals surface area contributed by atoms with Crippen LogP contribution in [0, 0.1) is 24.0 Å². The first-order valence-corrected chi connectivity index (χ1v) is 7.34. The molecular weight excluding hydrogens is 272 g/mol. The molecule has 0 amide bonds. The van der Waals surface area contributed by atoms with Crippen LogP contribution in [0.15, 0.2) is 30.3 Å². The molecule has 4 nitrogen and oxygen atoms in total. The Balaban J connectivity index is 2.11. The van der Waals surface area contributed by atoms with Crippen molar-refractivity contribution < 1.29 is 4.92 Å². The van der Waals surface area contributed by atoms with Crippen LogP contribution < -0.4 is 5.32 Å². The van der Waals surface area contributed by atoms with Crippen LogP contribution in [-0.4, -0.2) is 11.0 Å². The Morgan fingerprint density at radius 3 is 2.65 bits per heavy atom. The molecule has 1 atom stereocenters. The van der Waals surface area contributed by atoms with Crippen LogP contribution in [0.5, 0.6) is 0 Å². The van der Waals surface area contributed by atoms with Gasteiger partial charge in [0.1, 0.15) is 5.69 Å². The zero-order valence-corrected chi connectivity index (χ0v) is 12.7. The van der Waals surface area contributed by atoms with E-state index in [0.717, 1.165) is 12.0 Å². The molecule has 1 heterocycles. The van der Waals surface area contributed by atoms with Crippen LogP contribution in [0.3, 0.4) is 0 Å². The van der Waals surface area contributed by atoms with Crippen LogP contribution in [0.25, 0.3) is 0 Å². The molecule has 1 aromatic heterocycles. The maximum Gasteiger partial charge on any atom is 0.292 e. The molecule has 106 valence electrons. The first kappa shape index (κ1) is 14.5. The summed E-state index contributed by atoms with van der Waals surface area (Å²) in [7, 11) is 0. The van der Waals surface area contributed by atoms with E-state index in [1.54, 1.807) is 23.5 Å². The minimum Gasteiger partial charge on any atom is -0.377 e. The second kappa shape index (κ2) is 6.05. The first-order chi connectivity index (χ1) is 9.45. The lowest BCUT2D eigenvalue weighted by atomic mass is 10.1. The summed E-state index contributed by atoms with van der Waals surface area (Å²) in [6, 6.07) is 9.63. The van der Waals surface area contributed by atoms with Gasteiger partial charge in [0.15, 0.2) is 0 Å². The number of rotatable bonds is 5. The molecule has 20 heavy (non-hydrogen) atoms. The zero-order valence-electron chi connectivity index (χ0n) is 11.8. The Morgan fingerprint density at radius 1 is 1.30 bits per heavy atom. The third kappa shape index (κ3) is 3.57. The van der Waals surface area contributed by atoms with Gasteiger partial charge in [0, 0.05) is 28.3 Å². The summed E-state index contributed by atoms with van der Waals surface area (Å²) in [6.07, 6.45) is 0.865. The Bertz CT molecular complexity index is 622. The number of nitrogens with zero attached hydrogens (tertiary/aromatic N) is 1. The average molecular weight is 290 g/mol. The van der Waals surface area contributed by atoms with Crippen molar-refractivity contribution in [2.24, 2.45) is 0 Å². The maximum absolute atomic E-state index is 11.1. The molecule has 0 aliphatic heterocycles. The van der Waals surface area contributed by atoms with Gasteiger partial charge in [-0.3, -0.25) is 10.1 Å². The number of nitrogens with one attached hydrogen (secondary N) is 1. The minimum atomic E-state index is -0.336. The Hall–Kier alpha value is -1.88. The number of aryl methyl sites for hydroxylation is 2. The number of hydrogen-bond acceptors (Lipinski definition) is 4. The van der Waals surface area contributed by atoms with Crippen molar-refractivity contribution in [2.75, 3.05) is 5.32 Å². The molecule has 1 aromatic carbocycles. The van der Waals surface area contributed by atoms with E-state index in [1.165, 1.54) is 9.75 Å². The van der Waals surface area contributed by atoms with E-state index in [0.29, 0.717) is 5.69 Å². The summed E-state index contributed by atoms with van der Waals surface area (Å²) in [4.78, 5) is 13.3. The second-order valence-electron chi connectivity index (χ2n) is 5.04. The molecule has 0 bridgehead atoms. The van der Waals surface area contributed by atoms with Gasteiger partial charge in [-0.1, -0.05) is 6.07 Å². The van der Waals surface area contributed by atoms with Gasteiger partial charge in [-0.25, -0.2) is 0 Å². The summed E-state index contributed by atoms with van der Waals surface area (Å²) in [6.45, 7) is 5.98. The van der Waals surface area contributed by atoms with Crippen molar-refractivity contribution >= 4 is 22.7 Å². The standard InChI is InChI=1S/C15H18N2O2S/c1-10-4-7-14(15(8-10)17(18)19)16-11(2)9-13-6-5-12(3)20-13/h4-8,11,16H,9H2,1-3H3. The topological polar surface area (TPSA) is 55.2 Å². The highest BCUT2D eigenvalue weighted by Gasteiger charge is 2.15. The molecule has 0 aliphatic carbocycles. The highest BCUT2D eigenvalue weighted by molar-refractivity contribution is 7.11. The normalized spacial score (nSPS) is 12.2. The fraction of sp³-hybridized carbons (Fsp3) is 0.333. The van der Waals surface area contributed by atoms with Crippen molar-refractivity contribution in [3.05, 3.63) is 55.8 Å². The second-order valence-corrected chi connectivity index (χ2v) is 6.41. The van der Waals surface area contributed by atoms with Gasteiger partial charge in [0.05, 0.1) is 4.92 Å². The number of benzene rings is 1. The maximum atomic E-state index is 11.1. The van der Waals surface area contributed by atoms with Crippen molar-refractivity contribution in [2.45, 2.75) is 33.2 Å². The van der Waals surface area contributed by atoms with E-state index >= 15 is 0 Å². The Morgan fingerprint density at radius 2 is 2.05 bits per heavy atom. The molecule has 5 heteroatoms. The smallest absolute Gasteiger partial charge is 0.292 e. The van der Waals surface area contributed by atoms with Crippen molar-refractivity contribution in [3.8, 4) is 0 Å². The molecule has 0 fully saturated rings. The highest BCUT2D eigenvalue weighted by Crippen LogP contribution is 2.27. The number of hydrogen-bond donors (Lipinski definition) is 1. The summed E-state index contributed by atoms with van der Waals surface area (Å²) in [5, 5.41) is 14.3. The molecule has 0 aliphatic rings. The molecule has 2 rings (SSSR count). The lowest BCUT2D eigenvalue weighted by Gasteiger charge is -2.14. The SMILES string of the molecule is Cc1ccc(NC(C)Cc2ccc(C)s2)c([N+](=O)[O-])c1. The van der Waals surface area contributed by atoms with Crippen LogP contribution >= 0.6 is 11.3 Å². The van der Waals surface area contributed by atoms with E-state index in [9.17, 15) is 10.1 Å². The van der Waals surface area contributed by atoms with Gasteiger partial charge >= 0.3 is 0 Å². The number of anilines is 1. The van der Waals surface area contributed by atoms with Gasteiger partial charge in [0.2, 0.25) is 0 Å². The van der Waals surface area contributed by atoms with E-state index < -0.39 is 0 Å². The summed E-state index contributed by atoms with van der Waals surface area (Å²) in [5.41, 5.74) is 1.62. The first-order valence-electron chi connectivity index (χ1n) is 6.52. The molecule has 0 radical (unpaired) electrons. The lowest BCUT2D eigenvalue weighted by molar-refractivity contribution is -0.384. The van der Waals surface area contributed by atoms with Crippen molar-refractivity contribution in [1.82, 2.24) is 0 Å². The molecule has 0 saturated heterocycles. The summed E-state index contributed by atoms with van der Waals surface area (Å²) < 4.78 is 0. The van der Waals surface area contributed by atoms with Gasteiger partial charge in [-0.05, 0) is 44.5 Å². The predicted molar refractivity (Wildman–Crippen MR) is 83.7 cm³/mol. The molecule has 0 spiro atoms. The van der Waals surface area contributed by atoms with E-state index in [2.05, 4.69) is 24.4 Å². The average Bonchev–Trinajstić information content (AvgIpc) is 2.76. The monoisotopic (exact) mass is 290 g/mol. The predicted octanol–water partition coefficient (Wildman–Crippen LogP) is 4.32. The van der Waals surface area contributed by atoms with Crippen molar-refractivity contribution in [3.63, 3.8) is 0 Å². The fourth-order valence-electron chi connectivity index (χ4n) is 2.13. The quantitative estimate of drug-likeness (QED) is 0.659. The molecule has 2 aromatic rings. The molecule has 0 saturated carbocycles. The number of nitro benzene ring substituents is 1. The fourth-order valence-corrected chi connectivity index (χ4v) is 3.15. The van der Waals surface area contributed by atoms with Gasteiger partial charge in [0.25, 0.3) is 5.69 Å². The Labute approximate surface area is 122 Å².